The maximum absolute atomic E-state index is 13.9. The second-order valence-corrected chi connectivity index (χ2v) is 6.04. The molecule has 0 aliphatic heterocycles. The number of nitrogens with one attached hydrogen (secondary N) is 1. The van der Waals surface area contributed by atoms with Gasteiger partial charge in [-0.2, -0.15) is 0 Å². The summed E-state index contributed by atoms with van der Waals surface area (Å²) in [5, 5.41) is 12.5. The first-order valence-corrected chi connectivity index (χ1v) is 7.54. The van der Waals surface area contributed by atoms with Crippen molar-refractivity contribution >= 4 is 49.9 Å². The molecule has 0 saturated carbocycles. The van der Waals surface area contributed by atoms with Crippen LogP contribution in [0.25, 0.3) is 10.2 Å². The fourth-order valence-electron chi connectivity index (χ4n) is 2.02. The van der Waals surface area contributed by atoms with Crippen molar-refractivity contribution in [2.75, 3.05) is 5.32 Å². The molecule has 0 atom stereocenters. The number of carboxylic acids is 1. The van der Waals surface area contributed by atoms with Gasteiger partial charge in [-0.1, -0.05) is 35.1 Å². The van der Waals surface area contributed by atoms with Gasteiger partial charge in [0.05, 0.1) is 27.3 Å². The third-order valence-electron chi connectivity index (χ3n) is 3.01. The summed E-state index contributed by atoms with van der Waals surface area (Å²) < 4.78 is 14.9. The highest BCUT2D eigenvalue weighted by Gasteiger charge is 2.13. The van der Waals surface area contributed by atoms with E-state index in [-0.39, 0.29) is 10.6 Å². The number of hydrogen-bond acceptors (Lipinski definition) is 4. The zero-order valence-corrected chi connectivity index (χ0v) is 12.7. The number of fused-ring (bicyclic) bond motifs is 1. The highest BCUT2D eigenvalue weighted by Crippen LogP contribution is 2.32. The Morgan fingerprint density at radius 2 is 2.14 bits per heavy atom. The molecule has 2 N–H and O–H groups in total. The molecule has 0 amide bonds. The molecular formula is C15H10ClFN2O2S. The number of benzene rings is 2. The molecule has 0 radical (unpaired) electrons. The van der Waals surface area contributed by atoms with Crippen LogP contribution in [0.3, 0.4) is 0 Å². The van der Waals surface area contributed by atoms with Gasteiger partial charge in [-0.05, 0) is 24.3 Å². The summed E-state index contributed by atoms with van der Waals surface area (Å²) in [6.45, 7) is 0. The quantitative estimate of drug-likeness (QED) is 0.738. The summed E-state index contributed by atoms with van der Waals surface area (Å²) in [5.41, 5.74) is 1.24. The van der Waals surface area contributed by atoms with Crippen LogP contribution in [0.5, 0.6) is 0 Å². The Balaban J connectivity index is 1.91. The zero-order chi connectivity index (χ0) is 15.7. The van der Waals surface area contributed by atoms with Crippen LogP contribution in [0.1, 0.15) is 5.56 Å². The van der Waals surface area contributed by atoms with Gasteiger partial charge in [0.25, 0.3) is 0 Å². The number of carbonyl (C=O) groups is 1. The maximum atomic E-state index is 13.9. The Morgan fingerprint density at radius 1 is 1.36 bits per heavy atom. The van der Waals surface area contributed by atoms with Crippen LogP contribution in [-0.2, 0) is 11.2 Å². The van der Waals surface area contributed by atoms with Crippen LogP contribution in [0.15, 0.2) is 36.4 Å². The predicted molar refractivity (Wildman–Crippen MR) is 85.7 cm³/mol. The lowest BCUT2D eigenvalue weighted by atomic mass is 10.1. The maximum Gasteiger partial charge on any atom is 0.307 e. The number of aliphatic carboxylic acids is 1. The van der Waals surface area contributed by atoms with Crippen molar-refractivity contribution in [3.63, 3.8) is 0 Å². The number of hydrogen-bond donors (Lipinski definition) is 2. The average Bonchev–Trinajstić information content (AvgIpc) is 2.86. The van der Waals surface area contributed by atoms with Crippen molar-refractivity contribution in [1.29, 1.82) is 0 Å². The normalized spacial score (nSPS) is 10.8. The molecule has 2 aromatic carbocycles. The molecule has 0 fully saturated rings. The Kier molecular flexibility index (Phi) is 3.96. The Labute approximate surface area is 134 Å². The Hall–Kier alpha value is -2.18. The predicted octanol–water partition coefficient (Wildman–Crippen LogP) is 4.46. The fraction of sp³-hybridized carbons (Fsp3) is 0.0667. The molecule has 0 aliphatic carbocycles. The summed E-state index contributed by atoms with van der Waals surface area (Å²) in [6.07, 6.45) is -0.410. The molecule has 22 heavy (non-hydrogen) atoms. The summed E-state index contributed by atoms with van der Waals surface area (Å²) >= 11 is 7.51. The summed E-state index contributed by atoms with van der Waals surface area (Å²) in [4.78, 5) is 15.1. The van der Waals surface area contributed by atoms with Crippen LogP contribution in [-0.4, -0.2) is 16.1 Å². The van der Waals surface area contributed by atoms with E-state index < -0.39 is 18.2 Å². The minimum absolute atomic E-state index is 0.0485. The van der Waals surface area contributed by atoms with Gasteiger partial charge < -0.3 is 10.4 Å². The van der Waals surface area contributed by atoms with E-state index in [1.165, 1.54) is 23.5 Å². The van der Waals surface area contributed by atoms with Crippen molar-refractivity contribution < 1.29 is 14.3 Å². The first kappa shape index (κ1) is 14.7. The lowest BCUT2D eigenvalue weighted by molar-refractivity contribution is -0.136. The highest BCUT2D eigenvalue weighted by molar-refractivity contribution is 7.22. The third-order valence-corrected chi connectivity index (χ3v) is 4.28. The highest BCUT2D eigenvalue weighted by atomic mass is 35.5. The third kappa shape index (κ3) is 3.03. The van der Waals surface area contributed by atoms with Gasteiger partial charge in [0, 0.05) is 5.56 Å². The smallest absolute Gasteiger partial charge is 0.307 e. The van der Waals surface area contributed by atoms with Gasteiger partial charge in [0.2, 0.25) is 0 Å². The van der Waals surface area contributed by atoms with Gasteiger partial charge in [0.1, 0.15) is 5.82 Å². The number of anilines is 2. The standard InChI is InChI=1S/C15H10ClFN2O2S/c16-9-5-8(6-14(20)21)10(17)7-12(9)19-15-18-11-3-1-2-4-13(11)22-15/h1-5,7H,6H2,(H,18,19)(H,20,21). The van der Waals surface area contributed by atoms with Crippen molar-refractivity contribution in [1.82, 2.24) is 4.98 Å². The molecule has 4 nitrogen and oxygen atoms in total. The summed E-state index contributed by atoms with van der Waals surface area (Å²) in [6, 6.07) is 10.1. The lowest BCUT2D eigenvalue weighted by Gasteiger charge is -2.08. The molecular weight excluding hydrogens is 327 g/mol. The first-order chi connectivity index (χ1) is 10.5. The average molecular weight is 337 g/mol. The van der Waals surface area contributed by atoms with E-state index in [9.17, 15) is 9.18 Å². The number of rotatable bonds is 4. The molecule has 1 heterocycles. The van der Waals surface area contributed by atoms with E-state index in [0.29, 0.717) is 10.8 Å². The van der Waals surface area contributed by atoms with Gasteiger partial charge in [0.15, 0.2) is 5.13 Å². The molecule has 3 rings (SSSR count). The molecule has 7 heteroatoms. The number of nitrogens with zero attached hydrogens (tertiary/aromatic N) is 1. The van der Waals surface area contributed by atoms with E-state index >= 15 is 0 Å². The number of para-hydroxylation sites is 1. The number of halogens is 2. The summed E-state index contributed by atoms with van der Waals surface area (Å²) in [7, 11) is 0. The van der Waals surface area contributed by atoms with Gasteiger partial charge in [-0.15, -0.1) is 0 Å². The van der Waals surface area contributed by atoms with Gasteiger partial charge in [-0.25, -0.2) is 9.37 Å². The van der Waals surface area contributed by atoms with E-state index in [4.69, 9.17) is 16.7 Å². The molecule has 3 aromatic rings. The van der Waals surface area contributed by atoms with E-state index in [1.54, 1.807) is 0 Å². The lowest BCUT2D eigenvalue weighted by Crippen LogP contribution is -2.03. The van der Waals surface area contributed by atoms with E-state index in [1.807, 2.05) is 24.3 Å². The molecule has 112 valence electrons. The monoisotopic (exact) mass is 336 g/mol. The fourth-order valence-corrected chi connectivity index (χ4v) is 3.13. The van der Waals surface area contributed by atoms with Crippen LogP contribution < -0.4 is 5.32 Å². The molecule has 1 aromatic heterocycles. The van der Waals surface area contributed by atoms with E-state index in [0.717, 1.165) is 10.2 Å². The van der Waals surface area contributed by atoms with Crippen LogP contribution in [0.2, 0.25) is 5.02 Å². The van der Waals surface area contributed by atoms with Crippen molar-refractivity contribution in [2.45, 2.75) is 6.42 Å². The van der Waals surface area contributed by atoms with Crippen LogP contribution in [0.4, 0.5) is 15.2 Å². The SMILES string of the molecule is O=C(O)Cc1cc(Cl)c(Nc2nc3ccccc3s2)cc1F. The van der Waals surface area contributed by atoms with Gasteiger partial charge >= 0.3 is 5.97 Å². The number of thiazole rings is 1. The van der Waals surface area contributed by atoms with Crippen LogP contribution >= 0.6 is 22.9 Å². The number of aromatic nitrogens is 1. The zero-order valence-electron chi connectivity index (χ0n) is 11.1. The van der Waals surface area contributed by atoms with Gasteiger partial charge in [-0.3, -0.25) is 4.79 Å². The van der Waals surface area contributed by atoms with Crippen molar-refractivity contribution in [3.05, 3.63) is 52.8 Å². The summed E-state index contributed by atoms with van der Waals surface area (Å²) in [5.74, 6) is -1.72. The largest absolute Gasteiger partial charge is 0.481 e. The minimum Gasteiger partial charge on any atom is -0.481 e. The molecule has 0 bridgehead atoms. The Morgan fingerprint density at radius 3 is 2.86 bits per heavy atom. The molecule has 0 saturated heterocycles. The topological polar surface area (TPSA) is 62.2 Å². The minimum atomic E-state index is -1.11. The first-order valence-electron chi connectivity index (χ1n) is 6.35. The Bertz CT molecular complexity index is 833. The van der Waals surface area contributed by atoms with Crippen LogP contribution in [0, 0.1) is 5.82 Å². The molecule has 0 aliphatic rings. The number of carboxylic acid groups (broad SMARTS) is 1. The van der Waals surface area contributed by atoms with Crippen molar-refractivity contribution in [2.24, 2.45) is 0 Å². The molecule has 0 unspecified atom stereocenters. The second-order valence-electron chi connectivity index (χ2n) is 4.61. The second kappa shape index (κ2) is 5.90. The van der Waals surface area contributed by atoms with Crippen molar-refractivity contribution in [3.8, 4) is 0 Å². The molecule has 0 spiro atoms. The van der Waals surface area contributed by atoms with E-state index in [2.05, 4.69) is 10.3 Å².